The van der Waals surface area contributed by atoms with Gasteiger partial charge in [-0.05, 0) is 18.1 Å². The lowest BCUT2D eigenvalue weighted by molar-refractivity contribution is -0.384. The molecule has 0 N–H and O–H groups in total. The SMILES string of the molecule is Cn1cc2c(n1)-c1sc(Cl)cc1N(Cc1ccc([N+](=O)[O-])cc1)CC2. The van der Waals surface area contributed by atoms with Crippen LogP contribution in [-0.2, 0) is 20.0 Å². The third-order valence-corrected chi connectivity index (χ3v) is 5.57. The fourth-order valence-corrected chi connectivity index (χ4v) is 4.41. The molecule has 1 aliphatic rings. The Balaban J connectivity index is 1.67. The van der Waals surface area contributed by atoms with Gasteiger partial charge >= 0.3 is 0 Å². The highest BCUT2D eigenvalue weighted by molar-refractivity contribution is 7.20. The molecule has 25 heavy (non-hydrogen) atoms. The lowest BCUT2D eigenvalue weighted by Crippen LogP contribution is -2.24. The summed E-state index contributed by atoms with van der Waals surface area (Å²) in [6, 6.07) is 8.69. The van der Waals surface area contributed by atoms with Crippen LogP contribution < -0.4 is 4.90 Å². The molecule has 0 saturated carbocycles. The first-order chi connectivity index (χ1) is 12.0. The number of halogens is 1. The molecule has 128 valence electrons. The molecule has 0 spiro atoms. The van der Waals surface area contributed by atoms with Gasteiger partial charge in [-0.3, -0.25) is 14.8 Å². The van der Waals surface area contributed by atoms with E-state index in [0.29, 0.717) is 6.54 Å². The highest BCUT2D eigenvalue weighted by Gasteiger charge is 2.25. The standard InChI is InChI=1S/C17H15ClN4O2S/c1-20-10-12-6-7-21(9-11-2-4-13(5-3-11)22(23)24)14-8-15(18)25-17(14)16(12)19-20/h2-5,8,10H,6-7,9H2,1H3. The number of nitro benzene ring substituents is 1. The number of hydrogen-bond acceptors (Lipinski definition) is 5. The molecule has 2 aromatic heterocycles. The van der Waals surface area contributed by atoms with Crippen molar-refractivity contribution >= 4 is 34.3 Å². The highest BCUT2D eigenvalue weighted by Crippen LogP contribution is 2.44. The van der Waals surface area contributed by atoms with E-state index in [1.807, 2.05) is 29.9 Å². The predicted molar refractivity (Wildman–Crippen MR) is 99.4 cm³/mol. The Bertz CT molecular complexity index is 948. The molecule has 0 unspecified atom stereocenters. The minimum Gasteiger partial charge on any atom is -0.366 e. The molecule has 0 fully saturated rings. The normalized spacial score (nSPS) is 13.3. The number of rotatable bonds is 3. The molecular weight excluding hydrogens is 360 g/mol. The van der Waals surface area contributed by atoms with E-state index >= 15 is 0 Å². The number of hydrogen-bond donors (Lipinski definition) is 0. The zero-order valence-electron chi connectivity index (χ0n) is 13.5. The first-order valence-electron chi connectivity index (χ1n) is 7.82. The summed E-state index contributed by atoms with van der Waals surface area (Å²) in [6.45, 7) is 1.52. The minimum atomic E-state index is -0.380. The van der Waals surface area contributed by atoms with Crippen LogP contribution in [0.4, 0.5) is 11.4 Å². The van der Waals surface area contributed by atoms with Crippen molar-refractivity contribution < 1.29 is 4.92 Å². The maximum absolute atomic E-state index is 10.8. The van der Waals surface area contributed by atoms with E-state index in [0.717, 1.165) is 39.1 Å². The van der Waals surface area contributed by atoms with Crippen LogP contribution in [0.2, 0.25) is 4.34 Å². The van der Waals surface area contributed by atoms with Gasteiger partial charge in [0.15, 0.2) is 0 Å². The van der Waals surface area contributed by atoms with Crippen LogP contribution in [-0.4, -0.2) is 21.2 Å². The van der Waals surface area contributed by atoms with E-state index in [4.69, 9.17) is 11.6 Å². The van der Waals surface area contributed by atoms with Gasteiger partial charge in [0.05, 0.1) is 19.8 Å². The van der Waals surface area contributed by atoms with Gasteiger partial charge < -0.3 is 4.90 Å². The molecule has 0 amide bonds. The van der Waals surface area contributed by atoms with Crippen LogP contribution in [0.5, 0.6) is 0 Å². The van der Waals surface area contributed by atoms with Crippen LogP contribution in [0.15, 0.2) is 36.5 Å². The van der Waals surface area contributed by atoms with Crippen LogP contribution in [0, 0.1) is 10.1 Å². The van der Waals surface area contributed by atoms with E-state index in [1.54, 1.807) is 12.1 Å². The van der Waals surface area contributed by atoms with Crippen LogP contribution in [0.25, 0.3) is 10.6 Å². The molecule has 8 heteroatoms. The van der Waals surface area contributed by atoms with E-state index < -0.39 is 0 Å². The molecule has 0 aliphatic carbocycles. The third-order valence-electron chi connectivity index (χ3n) is 4.31. The van der Waals surface area contributed by atoms with E-state index in [9.17, 15) is 10.1 Å². The number of thiophene rings is 1. The zero-order valence-corrected chi connectivity index (χ0v) is 15.0. The largest absolute Gasteiger partial charge is 0.366 e. The van der Waals surface area contributed by atoms with Gasteiger partial charge in [-0.25, -0.2) is 0 Å². The molecule has 0 radical (unpaired) electrons. The van der Waals surface area contributed by atoms with Gasteiger partial charge in [0, 0.05) is 44.0 Å². The predicted octanol–water partition coefficient (Wildman–Crippen LogP) is 4.27. The van der Waals surface area contributed by atoms with Gasteiger partial charge in [-0.2, -0.15) is 5.10 Å². The lowest BCUT2D eigenvalue weighted by Gasteiger charge is -2.23. The van der Waals surface area contributed by atoms with Crippen molar-refractivity contribution in [2.24, 2.45) is 7.05 Å². The highest BCUT2D eigenvalue weighted by atomic mass is 35.5. The molecular formula is C17H15ClN4O2S. The van der Waals surface area contributed by atoms with Crippen molar-refractivity contribution in [2.45, 2.75) is 13.0 Å². The molecule has 1 aromatic carbocycles. The summed E-state index contributed by atoms with van der Waals surface area (Å²) >= 11 is 7.82. The monoisotopic (exact) mass is 374 g/mol. The second-order valence-corrected chi connectivity index (χ2v) is 7.72. The second-order valence-electron chi connectivity index (χ2n) is 6.04. The fourth-order valence-electron chi connectivity index (χ4n) is 3.15. The quantitative estimate of drug-likeness (QED) is 0.507. The number of nitro groups is 1. The first kappa shape index (κ1) is 16.1. The number of non-ortho nitro benzene ring substituents is 1. The summed E-state index contributed by atoms with van der Waals surface area (Å²) in [6.07, 6.45) is 2.96. The number of aromatic nitrogens is 2. The zero-order chi connectivity index (χ0) is 17.6. The Labute approximate surface area is 153 Å². The Morgan fingerprint density at radius 3 is 2.84 bits per heavy atom. The molecule has 1 aliphatic heterocycles. The number of aryl methyl sites for hydroxylation is 1. The van der Waals surface area contributed by atoms with Gasteiger partial charge in [0.1, 0.15) is 5.69 Å². The summed E-state index contributed by atoms with van der Waals surface area (Å²) in [4.78, 5) is 13.8. The average Bonchev–Trinajstić information content (AvgIpc) is 3.11. The molecule has 4 rings (SSSR count). The van der Waals surface area contributed by atoms with E-state index in [-0.39, 0.29) is 10.6 Å². The van der Waals surface area contributed by atoms with Gasteiger partial charge in [-0.15, -0.1) is 11.3 Å². The molecule has 3 heterocycles. The minimum absolute atomic E-state index is 0.107. The van der Waals surface area contributed by atoms with Crippen molar-refractivity contribution in [1.82, 2.24) is 9.78 Å². The number of fused-ring (bicyclic) bond motifs is 3. The maximum atomic E-state index is 10.8. The molecule has 0 bridgehead atoms. The van der Waals surface area contributed by atoms with E-state index in [1.165, 1.54) is 16.9 Å². The Morgan fingerprint density at radius 2 is 2.12 bits per heavy atom. The molecule has 6 nitrogen and oxygen atoms in total. The van der Waals surface area contributed by atoms with Crippen LogP contribution >= 0.6 is 22.9 Å². The lowest BCUT2D eigenvalue weighted by atomic mass is 10.2. The topological polar surface area (TPSA) is 64.2 Å². The molecule has 0 saturated heterocycles. The second kappa shape index (κ2) is 6.16. The first-order valence-corrected chi connectivity index (χ1v) is 9.01. The Morgan fingerprint density at radius 1 is 1.36 bits per heavy atom. The van der Waals surface area contributed by atoms with Crippen LogP contribution in [0.1, 0.15) is 11.1 Å². The summed E-state index contributed by atoms with van der Waals surface area (Å²) in [5, 5.41) is 15.4. The third kappa shape index (κ3) is 3.01. The van der Waals surface area contributed by atoms with Gasteiger partial charge in [-0.1, -0.05) is 23.7 Å². The Kier molecular flexibility index (Phi) is 3.97. The molecule has 0 atom stereocenters. The van der Waals surface area contributed by atoms with Crippen molar-refractivity contribution in [3.8, 4) is 10.6 Å². The van der Waals surface area contributed by atoms with Crippen molar-refractivity contribution in [1.29, 1.82) is 0 Å². The molecule has 3 aromatic rings. The average molecular weight is 375 g/mol. The number of nitrogens with zero attached hydrogens (tertiary/aromatic N) is 4. The van der Waals surface area contributed by atoms with Crippen molar-refractivity contribution in [3.05, 3.63) is 62.1 Å². The summed E-state index contributed by atoms with van der Waals surface area (Å²) < 4.78 is 2.57. The number of anilines is 1. The summed E-state index contributed by atoms with van der Waals surface area (Å²) in [7, 11) is 1.93. The van der Waals surface area contributed by atoms with Gasteiger partial charge in [0.2, 0.25) is 0 Å². The fraction of sp³-hybridized carbons (Fsp3) is 0.235. The van der Waals surface area contributed by atoms with E-state index in [2.05, 4.69) is 16.2 Å². The van der Waals surface area contributed by atoms with Crippen molar-refractivity contribution in [3.63, 3.8) is 0 Å². The number of benzene rings is 1. The Hall–Kier alpha value is -2.38. The van der Waals surface area contributed by atoms with Gasteiger partial charge in [0.25, 0.3) is 5.69 Å². The van der Waals surface area contributed by atoms with Crippen molar-refractivity contribution in [2.75, 3.05) is 11.4 Å². The van der Waals surface area contributed by atoms with Crippen LogP contribution in [0.3, 0.4) is 0 Å². The summed E-state index contributed by atoms with van der Waals surface area (Å²) in [5.74, 6) is 0. The smallest absolute Gasteiger partial charge is 0.269 e. The maximum Gasteiger partial charge on any atom is 0.269 e. The summed E-state index contributed by atoms with van der Waals surface area (Å²) in [5.41, 5.74) is 4.43.